The van der Waals surface area contributed by atoms with Crippen LogP contribution in [0.4, 0.5) is 0 Å². The summed E-state index contributed by atoms with van der Waals surface area (Å²) in [6.07, 6.45) is 75.8. The van der Waals surface area contributed by atoms with Crippen LogP contribution in [0.2, 0.25) is 0 Å². The molecular weight excluding hydrogens is 1160 g/mol. The summed E-state index contributed by atoms with van der Waals surface area (Å²) in [5.74, 6) is 2.86. The van der Waals surface area contributed by atoms with Crippen molar-refractivity contribution in [2.75, 3.05) is 25.5 Å². The van der Waals surface area contributed by atoms with Crippen molar-refractivity contribution in [3.8, 4) is 0 Å². The summed E-state index contributed by atoms with van der Waals surface area (Å²) >= 11 is 6.69. The Labute approximate surface area is 600 Å². The van der Waals surface area contributed by atoms with Gasteiger partial charge in [0.1, 0.15) is 0 Å². The molecule has 564 valence electrons. The molecule has 0 rings (SSSR count). The second-order valence-electron chi connectivity index (χ2n) is 33.0. The number of unbranched alkanes of at least 4 members (excludes halogenated alkanes) is 41. The Bertz CT molecular complexity index is 1510. The molecule has 0 bridgehead atoms. The highest BCUT2D eigenvalue weighted by atomic mass is 35.5. The largest absolute Gasteiger partial charge is 0.481 e. The van der Waals surface area contributed by atoms with Crippen molar-refractivity contribution >= 4 is 17.6 Å². The van der Waals surface area contributed by atoms with Crippen molar-refractivity contribution < 1.29 is 9.90 Å². The average molecular weight is 1340 g/mol. The number of hydrogen-bond acceptors (Lipinski definition) is 2. The van der Waals surface area contributed by atoms with Gasteiger partial charge in [0.15, 0.2) is 0 Å². The Hall–Kier alpha value is -0.280. The molecule has 94 heavy (non-hydrogen) atoms. The monoisotopic (exact) mass is 1340 g/mol. The van der Waals surface area contributed by atoms with Crippen LogP contribution in [0.1, 0.15) is 483 Å². The lowest BCUT2D eigenvalue weighted by molar-refractivity contribution is -0.278. The van der Waals surface area contributed by atoms with Crippen LogP contribution in [0.25, 0.3) is 0 Å². The fourth-order valence-corrected chi connectivity index (χ4v) is 20.5. The van der Waals surface area contributed by atoms with Gasteiger partial charge in [0.25, 0.3) is 0 Å². The van der Waals surface area contributed by atoms with Gasteiger partial charge < -0.3 is 10.0 Å². The minimum absolute atomic E-state index is 0.0784. The van der Waals surface area contributed by atoms with E-state index in [1.54, 1.807) is 0 Å². The molecule has 0 saturated carbocycles. The van der Waals surface area contributed by atoms with E-state index in [9.17, 15) is 5.11 Å². The molecule has 0 aromatic heterocycles. The molecular formula is C90H180ClNO2. The number of carboxylic acids is 1. The normalized spacial score (nSPS) is 16.7. The van der Waals surface area contributed by atoms with Crippen molar-refractivity contribution in [2.24, 2.45) is 63.6 Å². The lowest BCUT2D eigenvalue weighted by atomic mass is 9.29. The van der Waals surface area contributed by atoms with E-state index in [1.165, 1.54) is 366 Å². The topological polar surface area (TPSA) is 40.5 Å². The summed E-state index contributed by atoms with van der Waals surface area (Å²) < 4.78 is 0. The summed E-state index contributed by atoms with van der Waals surface area (Å²) in [6.45, 7) is 41.8. The minimum atomic E-state index is -0.893. The molecule has 4 heteroatoms. The van der Waals surface area contributed by atoms with Crippen LogP contribution in [0.15, 0.2) is 0 Å². The smallest absolute Gasteiger partial charge is 0.310 e. The Kier molecular flexibility index (Phi) is 63.4. The van der Waals surface area contributed by atoms with E-state index in [0.29, 0.717) is 23.7 Å². The zero-order valence-corrected chi connectivity index (χ0v) is 68.6. The van der Waals surface area contributed by atoms with E-state index < -0.39 is 10.8 Å². The summed E-state index contributed by atoms with van der Waals surface area (Å²) in [5, 5.41) is 14.0. The van der Waals surface area contributed by atoms with Gasteiger partial charge in [-0.25, -0.2) is 0 Å². The highest BCUT2D eigenvalue weighted by Gasteiger charge is 2.75. The maximum atomic E-state index is 17.1. The zero-order valence-electron chi connectivity index (χ0n) is 67.8. The number of carbonyl (C=O) groups is 1. The molecule has 3 nitrogen and oxygen atoms in total. The first-order chi connectivity index (χ1) is 45.7. The van der Waals surface area contributed by atoms with E-state index in [-0.39, 0.29) is 35.1 Å². The van der Waals surface area contributed by atoms with E-state index in [4.69, 9.17) is 11.6 Å². The highest BCUT2D eigenvalue weighted by molar-refractivity contribution is 6.17. The van der Waals surface area contributed by atoms with E-state index >= 15 is 4.79 Å². The van der Waals surface area contributed by atoms with Gasteiger partial charge in [-0.2, -0.15) is 0 Å². The molecule has 0 amide bonds. The molecule has 0 aromatic carbocycles. The van der Waals surface area contributed by atoms with Gasteiger partial charge in [0.2, 0.25) is 0 Å². The Morgan fingerprint density at radius 2 is 0.521 bits per heavy atom. The first kappa shape index (κ1) is 93.7. The van der Waals surface area contributed by atoms with Gasteiger partial charge >= 0.3 is 5.97 Å². The lowest BCUT2D eigenvalue weighted by Gasteiger charge is -2.74. The summed E-state index contributed by atoms with van der Waals surface area (Å²) in [6, 6.07) is 0. The number of nitrogens with zero attached hydrogens (tertiary/aromatic N) is 1. The van der Waals surface area contributed by atoms with E-state index in [1.807, 2.05) is 0 Å². The average Bonchev–Trinajstić information content (AvgIpc) is 0.670. The molecule has 0 fully saturated rings. The summed E-state index contributed by atoms with van der Waals surface area (Å²) in [7, 11) is 0. The van der Waals surface area contributed by atoms with Gasteiger partial charge in [-0.3, -0.25) is 4.79 Å². The van der Waals surface area contributed by atoms with Crippen LogP contribution in [0.3, 0.4) is 0 Å². The molecule has 0 heterocycles. The predicted molar refractivity (Wildman–Crippen MR) is 428 cm³/mol. The number of rotatable bonds is 75. The van der Waals surface area contributed by atoms with Crippen molar-refractivity contribution in [1.29, 1.82) is 0 Å². The molecule has 8 atom stereocenters. The number of carboxylic acid groups (broad SMARTS) is 1. The van der Waals surface area contributed by atoms with Crippen molar-refractivity contribution in [3.63, 3.8) is 0 Å². The zero-order chi connectivity index (χ0) is 69.8. The fourth-order valence-electron chi connectivity index (χ4n) is 20.4. The number of halogens is 1. The predicted octanol–water partition coefficient (Wildman–Crippen LogP) is 31.8. The van der Waals surface area contributed by atoms with Gasteiger partial charge in [0.05, 0.1) is 5.41 Å². The molecule has 0 radical (unpaired) electrons. The minimum Gasteiger partial charge on any atom is -0.481 e. The number of hydrogen-bond donors (Lipinski definition) is 1. The third kappa shape index (κ3) is 36.0. The number of aliphatic carboxylic acids is 1. The third-order valence-electron chi connectivity index (χ3n) is 25.4. The molecule has 0 aliphatic heterocycles. The maximum Gasteiger partial charge on any atom is 0.310 e. The van der Waals surface area contributed by atoms with Gasteiger partial charge in [-0.15, -0.1) is 11.6 Å². The van der Waals surface area contributed by atoms with Crippen molar-refractivity contribution in [2.45, 2.75) is 483 Å². The molecule has 0 saturated heterocycles. The van der Waals surface area contributed by atoms with Crippen molar-refractivity contribution in [3.05, 3.63) is 0 Å². The van der Waals surface area contributed by atoms with Crippen molar-refractivity contribution in [1.82, 2.24) is 4.90 Å². The Morgan fingerprint density at radius 1 is 0.287 bits per heavy atom. The molecule has 1 N–H and O–H groups in total. The van der Waals surface area contributed by atoms with Crippen LogP contribution in [-0.2, 0) is 4.79 Å². The van der Waals surface area contributed by atoms with Gasteiger partial charge in [-0.1, -0.05) is 444 Å². The summed E-state index contributed by atoms with van der Waals surface area (Å²) in [4.78, 5) is 20.0. The van der Waals surface area contributed by atoms with Crippen LogP contribution >= 0.6 is 11.6 Å². The highest BCUT2D eigenvalue weighted by Crippen LogP contribution is 2.77. The Balaban J connectivity index is 10.1. The van der Waals surface area contributed by atoms with Crippen LogP contribution in [0.5, 0.6) is 0 Å². The second kappa shape index (κ2) is 63.6. The fraction of sp³-hybridized carbons (Fsp3) is 0.989. The molecule has 8 unspecified atom stereocenters. The Morgan fingerprint density at radius 3 is 0.809 bits per heavy atom. The SMILES string of the molecule is CCCCCCCCCN(CCCCl)CCCC(C(C)CCCCCCCC)C(C(C)CCCCCCCC)(C(C)CCCCCCCC)C(C(C)CCCCCCCC)(C(C)CCCCCCCC)C(C(=O)O)(C(C)CCCCCCCC)C(C)CCCCCCCC. The first-order valence-electron chi connectivity index (χ1n) is 44.2. The van der Waals surface area contributed by atoms with Gasteiger partial charge in [0, 0.05) is 5.88 Å². The van der Waals surface area contributed by atoms with Gasteiger partial charge in [-0.05, 0) is 116 Å². The van der Waals surface area contributed by atoms with E-state index in [0.717, 1.165) is 38.2 Å². The molecule has 0 spiro atoms. The lowest BCUT2D eigenvalue weighted by Crippen LogP contribution is -2.73. The van der Waals surface area contributed by atoms with Crippen LogP contribution < -0.4 is 0 Å². The maximum absolute atomic E-state index is 17.1. The van der Waals surface area contributed by atoms with Crippen LogP contribution in [-0.4, -0.2) is 41.5 Å². The molecule has 0 aromatic rings. The van der Waals surface area contributed by atoms with Crippen LogP contribution in [0, 0.1) is 63.6 Å². The van der Waals surface area contributed by atoms with E-state index in [2.05, 4.69) is 109 Å². The molecule has 0 aliphatic rings. The molecule has 0 aliphatic carbocycles. The second-order valence-corrected chi connectivity index (χ2v) is 33.4. The third-order valence-corrected chi connectivity index (χ3v) is 25.7. The quantitative estimate of drug-likeness (QED) is 0.0487. The first-order valence-corrected chi connectivity index (χ1v) is 44.7. The standard InChI is InChI=1S/C90H180ClNO2/c1-16-24-32-40-48-56-64-76-92(78-66-75-91)77-65-74-86(79(9)67-57-49-41-33-25-17-2)88(80(10)68-58-50-42-34-26-18-3,81(11)69-59-51-43-35-27-19-4)90(84(14)72-62-54-46-38-30-22-7,85(15)73-63-55-47-39-31-23-8)89(87(93)94,82(12)70-60-52-44-36-28-20-5)83(13)71-61-53-45-37-29-21-6/h79-86H,16-78H2,1-15H3,(H,93,94). The number of alkyl halides is 1. The summed E-state index contributed by atoms with van der Waals surface area (Å²) in [5.41, 5.74) is -1.54.